The second-order valence-corrected chi connectivity index (χ2v) is 8.83. The van der Waals surface area contributed by atoms with Crippen molar-refractivity contribution in [1.82, 2.24) is 14.4 Å². The van der Waals surface area contributed by atoms with Crippen molar-refractivity contribution in [1.29, 1.82) is 0 Å². The topological polar surface area (TPSA) is 85.5 Å². The summed E-state index contributed by atoms with van der Waals surface area (Å²) in [7, 11) is -2.01. The third kappa shape index (κ3) is 5.42. The molecule has 0 fully saturated rings. The molecule has 0 saturated carbocycles. The third-order valence-corrected chi connectivity index (χ3v) is 6.42. The first-order valence-electron chi connectivity index (χ1n) is 9.44. The molecule has 0 aliphatic heterocycles. The molecule has 0 saturated heterocycles. The number of nitrogens with zero attached hydrogens (tertiary/aromatic N) is 3. The predicted octanol–water partition coefficient (Wildman–Crippen LogP) is 3.38. The first kappa shape index (κ1) is 21.0. The van der Waals surface area contributed by atoms with Gasteiger partial charge in [0.15, 0.2) is 12.4 Å². The Kier molecular flexibility index (Phi) is 6.66. The molecule has 0 N–H and O–H groups in total. The zero-order valence-corrected chi connectivity index (χ0v) is 17.6. The Morgan fingerprint density at radius 1 is 1.14 bits per heavy atom. The fraction of sp³-hybridized carbons (Fsp3) is 0.333. The van der Waals surface area contributed by atoms with E-state index in [-0.39, 0.29) is 18.0 Å². The molecule has 1 heterocycles. The number of likely N-dealkylation sites (N-methyl/N-ethyl adjacent to an activating group) is 1. The highest BCUT2D eigenvalue weighted by molar-refractivity contribution is 7.89. The van der Waals surface area contributed by atoms with Crippen LogP contribution in [-0.4, -0.2) is 36.5 Å². The minimum atomic E-state index is -3.56. The van der Waals surface area contributed by atoms with Gasteiger partial charge in [-0.1, -0.05) is 36.3 Å². The largest absolute Gasteiger partial charge is 0.484 e. The molecule has 0 aliphatic rings. The monoisotopic (exact) mass is 415 g/mol. The molecule has 0 radical (unpaired) electrons. The van der Waals surface area contributed by atoms with Crippen molar-refractivity contribution in [3.63, 3.8) is 0 Å². The van der Waals surface area contributed by atoms with E-state index in [1.54, 1.807) is 19.2 Å². The molecule has 0 aliphatic carbocycles. The Balaban J connectivity index is 1.55. The van der Waals surface area contributed by atoms with E-state index in [1.807, 2.05) is 50.2 Å². The SMILES string of the molecule is CCc1ccc(S(=O)(=O)N(C)CCc2noc(COc3cccc(C)c3)n2)cc1. The lowest BCUT2D eigenvalue weighted by Crippen LogP contribution is -2.29. The summed E-state index contributed by atoms with van der Waals surface area (Å²) in [4.78, 5) is 4.55. The van der Waals surface area contributed by atoms with E-state index in [2.05, 4.69) is 10.1 Å². The van der Waals surface area contributed by atoms with Gasteiger partial charge in [0.25, 0.3) is 5.89 Å². The molecule has 3 aromatic rings. The van der Waals surface area contributed by atoms with Gasteiger partial charge in [-0.2, -0.15) is 4.98 Å². The summed E-state index contributed by atoms with van der Waals surface area (Å²) >= 11 is 0. The molecule has 7 nitrogen and oxygen atoms in total. The summed E-state index contributed by atoms with van der Waals surface area (Å²) in [6, 6.07) is 14.6. The quantitative estimate of drug-likeness (QED) is 0.533. The molecule has 0 spiro atoms. The Morgan fingerprint density at radius 3 is 2.59 bits per heavy atom. The van der Waals surface area contributed by atoms with Gasteiger partial charge >= 0.3 is 0 Å². The lowest BCUT2D eigenvalue weighted by molar-refractivity contribution is 0.242. The summed E-state index contributed by atoms with van der Waals surface area (Å²) in [5.74, 6) is 1.52. The number of sulfonamides is 1. The molecule has 0 unspecified atom stereocenters. The number of hydrogen-bond acceptors (Lipinski definition) is 6. The van der Waals surface area contributed by atoms with Gasteiger partial charge in [0.2, 0.25) is 10.0 Å². The van der Waals surface area contributed by atoms with Crippen molar-refractivity contribution in [2.45, 2.75) is 38.2 Å². The van der Waals surface area contributed by atoms with Crippen LogP contribution in [0.5, 0.6) is 5.75 Å². The van der Waals surface area contributed by atoms with Crippen LogP contribution in [0.1, 0.15) is 29.8 Å². The molecule has 8 heteroatoms. The number of aryl methyl sites for hydroxylation is 2. The maximum absolute atomic E-state index is 12.7. The number of ether oxygens (including phenoxy) is 1. The minimum absolute atomic E-state index is 0.161. The fourth-order valence-electron chi connectivity index (χ4n) is 2.76. The van der Waals surface area contributed by atoms with Crippen LogP contribution in [0.3, 0.4) is 0 Å². The fourth-order valence-corrected chi connectivity index (χ4v) is 3.93. The maximum atomic E-state index is 12.7. The zero-order valence-electron chi connectivity index (χ0n) is 16.8. The van der Waals surface area contributed by atoms with Crippen LogP contribution in [0.2, 0.25) is 0 Å². The van der Waals surface area contributed by atoms with Crippen molar-refractivity contribution < 1.29 is 17.7 Å². The van der Waals surface area contributed by atoms with Gasteiger partial charge in [-0.05, 0) is 48.7 Å². The van der Waals surface area contributed by atoms with Crippen LogP contribution in [-0.2, 0) is 29.5 Å². The summed E-state index contributed by atoms with van der Waals surface area (Å²) < 4.78 is 37.5. The van der Waals surface area contributed by atoms with Gasteiger partial charge in [-0.15, -0.1) is 0 Å². The Bertz CT molecular complexity index is 1050. The highest BCUT2D eigenvalue weighted by atomic mass is 32.2. The Morgan fingerprint density at radius 2 is 1.90 bits per heavy atom. The van der Waals surface area contributed by atoms with E-state index in [4.69, 9.17) is 9.26 Å². The van der Waals surface area contributed by atoms with Crippen molar-refractivity contribution in [3.8, 4) is 5.75 Å². The van der Waals surface area contributed by atoms with Gasteiger partial charge in [-0.3, -0.25) is 0 Å². The van der Waals surface area contributed by atoms with Gasteiger partial charge in [-0.25, -0.2) is 12.7 Å². The molecule has 0 amide bonds. The minimum Gasteiger partial charge on any atom is -0.484 e. The molecule has 0 bridgehead atoms. The average molecular weight is 416 g/mol. The van der Waals surface area contributed by atoms with Gasteiger partial charge in [0.05, 0.1) is 4.90 Å². The first-order valence-corrected chi connectivity index (χ1v) is 10.9. The molecule has 29 heavy (non-hydrogen) atoms. The molecular weight excluding hydrogens is 390 g/mol. The van der Waals surface area contributed by atoms with Crippen molar-refractivity contribution in [2.75, 3.05) is 13.6 Å². The molecule has 154 valence electrons. The van der Waals surface area contributed by atoms with Crippen LogP contribution >= 0.6 is 0 Å². The summed E-state index contributed by atoms with van der Waals surface area (Å²) in [5.41, 5.74) is 2.20. The van der Waals surface area contributed by atoms with E-state index in [0.717, 1.165) is 23.3 Å². The molecule has 3 rings (SSSR count). The van der Waals surface area contributed by atoms with E-state index >= 15 is 0 Å². The van der Waals surface area contributed by atoms with Crippen LogP contribution < -0.4 is 4.74 Å². The van der Waals surface area contributed by atoms with Gasteiger partial charge < -0.3 is 9.26 Å². The van der Waals surface area contributed by atoms with E-state index in [0.29, 0.717) is 18.1 Å². The maximum Gasteiger partial charge on any atom is 0.264 e. The second-order valence-electron chi connectivity index (χ2n) is 6.78. The molecule has 2 aromatic carbocycles. The standard InChI is InChI=1S/C21H25N3O4S/c1-4-17-8-10-19(11-9-17)29(25,26)24(3)13-12-20-22-21(28-23-20)15-27-18-7-5-6-16(2)14-18/h5-11,14H,4,12-13,15H2,1-3H3. The summed E-state index contributed by atoms with van der Waals surface area (Å²) in [5, 5.41) is 3.91. The van der Waals surface area contributed by atoms with Crippen LogP contribution in [0.25, 0.3) is 0 Å². The highest BCUT2D eigenvalue weighted by Gasteiger charge is 2.21. The lowest BCUT2D eigenvalue weighted by atomic mass is 10.2. The summed E-state index contributed by atoms with van der Waals surface area (Å²) in [6.45, 7) is 4.42. The van der Waals surface area contributed by atoms with Crippen LogP contribution in [0, 0.1) is 6.92 Å². The molecule has 1 aromatic heterocycles. The highest BCUT2D eigenvalue weighted by Crippen LogP contribution is 2.17. The van der Waals surface area contributed by atoms with Crippen molar-refractivity contribution in [3.05, 3.63) is 71.4 Å². The van der Waals surface area contributed by atoms with E-state index in [1.165, 1.54) is 4.31 Å². The second kappa shape index (κ2) is 9.19. The predicted molar refractivity (Wildman–Crippen MR) is 109 cm³/mol. The first-order chi connectivity index (χ1) is 13.9. The number of rotatable bonds is 9. The summed E-state index contributed by atoms with van der Waals surface area (Å²) in [6.07, 6.45) is 1.21. The smallest absolute Gasteiger partial charge is 0.264 e. The number of aromatic nitrogens is 2. The van der Waals surface area contributed by atoms with Crippen molar-refractivity contribution >= 4 is 10.0 Å². The van der Waals surface area contributed by atoms with Crippen LogP contribution in [0.15, 0.2) is 57.9 Å². The number of benzene rings is 2. The normalized spacial score (nSPS) is 11.7. The molecular formula is C21H25N3O4S. The average Bonchev–Trinajstić information content (AvgIpc) is 3.18. The van der Waals surface area contributed by atoms with Gasteiger partial charge in [0, 0.05) is 20.0 Å². The van der Waals surface area contributed by atoms with E-state index < -0.39 is 10.0 Å². The number of hydrogen-bond donors (Lipinski definition) is 0. The van der Waals surface area contributed by atoms with Crippen molar-refractivity contribution in [2.24, 2.45) is 0 Å². The Labute approximate surface area is 171 Å². The van der Waals surface area contributed by atoms with Gasteiger partial charge in [0.1, 0.15) is 5.75 Å². The lowest BCUT2D eigenvalue weighted by Gasteiger charge is -2.16. The Hall–Kier alpha value is -2.71. The molecule has 0 atom stereocenters. The zero-order chi connectivity index (χ0) is 20.9. The third-order valence-electron chi connectivity index (χ3n) is 4.55. The van der Waals surface area contributed by atoms with Crippen LogP contribution in [0.4, 0.5) is 0 Å². The van der Waals surface area contributed by atoms with E-state index in [9.17, 15) is 8.42 Å².